The molecule has 0 spiro atoms. The van der Waals surface area contributed by atoms with E-state index in [9.17, 15) is 4.79 Å². The van der Waals surface area contributed by atoms with Crippen LogP contribution in [0.5, 0.6) is 0 Å². The zero-order valence-corrected chi connectivity index (χ0v) is 7.00. The smallest absolute Gasteiger partial charge is 0.329 e. The highest BCUT2D eigenvalue weighted by Gasteiger charge is 2.17. The van der Waals surface area contributed by atoms with Crippen LogP contribution in [0.25, 0.3) is 0 Å². The summed E-state index contributed by atoms with van der Waals surface area (Å²) < 4.78 is 4.69. The van der Waals surface area contributed by atoms with Gasteiger partial charge in [0.2, 0.25) is 0 Å². The molecule has 0 aromatic heterocycles. The van der Waals surface area contributed by atoms with E-state index in [-0.39, 0.29) is 5.97 Å². The van der Waals surface area contributed by atoms with Gasteiger partial charge in [-0.15, -0.1) is 0 Å². The van der Waals surface area contributed by atoms with Crippen molar-refractivity contribution < 1.29 is 9.53 Å². The van der Waals surface area contributed by atoms with Gasteiger partial charge in [-0.2, -0.15) is 5.26 Å². The van der Waals surface area contributed by atoms with Gasteiger partial charge in [0.25, 0.3) is 0 Å². The minimum absolute atomic E-state index is 0.350. The van der Waals surface area contributed by atoms with E-state index in [0.29, 0.717) is 6.61 Å². The van der Waals surface area contributed by atoms with Crippen LogP contribution in [-0.2, 0) is 9.53 Å². The van der Waals surface area contributed by atoms with Gasteiger partial charge < -0.3 is 4.74 Å². The van der Waals surface area contributed by atoms with Crippen LogP contribution < -0.4 is 0 Å². The summed E-state index contributed by atoms with van der Waals surface area (Å²) in [7, 11) is 1.54. The lowest BCUT2D eigenvalue weighted by Gasteiger charge is -2.15. The zero-order chi connectivity index (χ0) is 8.85. The molecule has 1 atom stereocenters. The van der Waals surface area contributed by atoms with E-state index in [1.165, 1.54) is 4.90 Å². The topological polar surface area (TPSA) is 53.3 Å². The molecule has 0 radical (unpaired) electrons. The highest BCUT2D eigenvalue weighted by Crippen LogP contribution is 1.95. The number of nitriles is 1. The average molecular weight is 156 g/mol. The minimum atomic E-state index is -0.486. The first-order chi connectivity index (χ1) is 5.13. The largest absolute Gasteiger partial charge is 0.464 e. The van der Waals surface area contributed by atoms with Gasteiger partial charge in [0.15, 0.2) is 6.19 Å². The van der Waals surface area contributed by atoms with Crippen molar-refractivity contribution in [3.63, 3.8) is 0 Å². The van der Waals surface area contributed by atoms with Crippen molar-refractivity contribution in [2.45, 2.75) is 19.9 Å². The average Bonchev–Trinajstić information content (AvgIpc) is 2.02. The summed E-state index contributed by atoms with van der Waals surface area (Å²) in [6, 6.07) is -0.486. The first-order valence-electron chi connectivity index (χ1n) is 3.42. The number of ether oxygens (including phenoxy) is 1. The molecule has 0 aliphatic carbocycles. The van der Waals surface area contributed by atoms with Gasteiger partial charge in [-0.3, -0.25) is 4.90 Å². The summed E-state index contributed by atoms with van der Waals surface area (Å²) in [6.07, 6.45) is 1.84. The molecule has 0 N–H and O–H groups in total. The van der Waals surface area contributed by atoms with Crippen LogP contribution in [0.2, 0.25) is 0 Å². The highest BCUT2D eigenvalue weighted by atomic mass is 16.5. The molecular weight excluding hydrogens is 144 g/mol. The predicted octanol–water partition coefficient (Wildman–Crippen LogP) is 0.351. The Bertz CT molecular complexity index is 174. The van der Waals surface area contributed by atoms with E-state index >= 15 is 0 Å². The minimum Gasteiger partial charge on any atom is -0.464 e. The summed E-state index contributed by atoms with van der Waals surface area (Å²) in [6.45, 7) is 3.71. The molecule has 0 saturated heterocycles. The van der Waals surface area contributed by atoms with Gasteiger partial charge in [-0.25, -0.2) is 4.79 Å². The predicted molar refractivity (Wildman–Crippen MR) is 39.5 cm³/mol. The lowest BCUT2D eigenvalue weighted by molar-refractivity contribution is -0.147. The molecular formula is C7H12N2O2. The zero-order valence-electron chi connectivity index (χ0n) is 7.00. The van der Waals surface area contributed by atoms with Crippen LogP contribution in [0.1, 0.15) is 13.8 Å². The van der Waals surface area contributed by atoms with Crippen LogP contribution in [-0.4, -0.2) is 30.6 Å². The van der Waals surface area contributed by atoms with Crippen molar-refractivity contribution in [1.82, 2.24) is 4.90 Å². The fraction of sp³-hybridized carbons (Fsp3) is 0.714. The Balaban J connectivity index is 3.93. The van der Waals surface area contributed by atoms with Gasteiger partial charge in [0.05, 0.1) is 6.61 Å². The fourth-order valence-electron chi connectivity index (χ4n) is 0.508. The van der Waals surface area contributed by atoms with Gasteiger partial charge in [-0.05, 0) is 13.8 Å². The number of hydrogen-bond acceptors (Lipinski definition) is 4. The quantitative estimate of drug-likeness (QED) is 0.336. The third-order valence-electron chi connectivity index (χ3n) is 1.37. The number of rotatable bonds is 3. The molecule has 0 aromatic carbocycles. The Morgan fingerprint density at radius 2 is 2.36 bits per heavy atom. The Morgan fingerprint density at radius 3 is 2.73 bits per heavy atom. The third-order valence-corrected chi connectivity index (χ3v) is 1.37. The van der Waals surface area contributed by atoms with Crippen LogP contribution in [0.3, 0.4) is 0 Å². The summed E-state index contributed by atoms with van der Waals surface area (Å²) >= 11 is 0. The lowest BCUT2D eigenvalue weighted by atomic mass is 10.3. The van der Waals surface area contributed by atoms with Crippen molar-refractivity contribution in [2.75, 3.05) is 13.7 Å². The number of hydrogen-bond donors (Lipinski definition) is 0. The van der Waals surface area contributed by atoms with Gasteiger partial charge >= 0.3 is 5.97 Å². The maximum atomic E-state index is 10.9. The monoisotopic (exact) mass is 156 g/mol. The Kier molecular flexibility index (Phi) is 4.04. The van der Waals surface area contributed by atoms with Crippen LogP contribution >= 0.6 is 0 Å². The van der Waals surface area contributed by atoms with E-state index in [1.807, 2.05) is 6.19 Å². The molecule has 0 aliphatic heterocycles. The maximum Gasteiger partial charge on any atom is 0.329 e. The molecule has 4 heteroatoms. The van der Waals surface area contributed by atoms with Gasteiger partial charge in [0, 0.05) is 7.05 Å². The number of nitrogens with zero attached hydrogens (tertiary/aromatic N) is 2. The SMILES string of the molecule is CCOC(=O)C(C)N(C)C#N. The van der Waals surface area contributed by atoms with Crippen LogP contribution in [0.15, 0.2) is 0 Å². The second-order valence-electron chi connectivity index (χ2n) is 2.14. The molecule has 0 heterocycles. The van der Waals surface area contributed by atoms with E-state index in [0.717, 1.165) is 0 Å². The van der Waals surface area contributed by atoms with E-state index in [2.05, 4.69) is 0 Å². The Morgan fingerprint density at radius 1 is 1.82 bits per heavy atom. The second kappa shape index (κ2) is 4.56. The molecule has 0 saturated carbocycles. The highest BCUT2D eigenvalue weighted by molar-refractivity contribution is 5.75. The maximum absolute atomic E-state index is 10.9. The molecule has 0 aromatic rings. The van der Waals surface area contributed by atoms with Crippen molar-refractivity contribution >= 4 is 5.97 Å². The fourth-order valence-corrected chi connectivity index (χ4v) is 0.508. The van der Waals surface area contributed by atoms with E-state index in [1.54, 1.807) is 20.9 Å². The lowest BCUT2D eigenvalue weighted by Crippen LogP contribution is -2.33. The Hall–Kier alpha value is -1.24. The molecule has 4 nitrogen and oxygen atoms in total. The number of carbonyl (C=O) groups excluding carboxylic acids is 1. The number of esters is 1. The normalized spacial score (nSPS) is 11.5. The van der Waals surface area contributed by atoms with Gasteiger partial charge in [-0.1, -0.05) is 0 Å². The molecule has 11 heavy (non-hydrogen) atoms. The van der Waals surface area contributed by atoms with Crippen molar-refractivity contribution in [1.29, 1.82) is 5.26 Å². The second-order valence-corrected chi connectivity index (χ2v) is 2.14. The molecule has 0 rings (SSSR count). The molecule has 62 valence electrons. The van der Waals surface area contributed by atoms with Crippen molar-refractivity contribution in [3.8, 4) is 6.19 Å². The summed E-state index contributed by atoms with van der Waals surface area (Å²) in [5.41, 5.74) is 0. The number of likely N-dealkylation sites (N-methyl/N-ethyl adjacent to an activating group) is 1. The summed E-state index contributed by atoms with van der Waals surface area (Å²) in [5.74, 6) is -0.364. The van der Waals surface area contributed by atoms with Crippen molar-refractivity contribution in [2.24, 2.45) is 0 Å². The third kappa shape index (κ3) is 2.89. The summed E-state index contributed by atoms with van der Waals surface area (Å²) in [4.78, 5) is 12.2. The standard InChI is InChI=1S/C7H12N2O2/c1-4-11-7(10)6(2)9(3)5-8/h6H,4H2,1-3H3. The molecule has 0 bridgehead atoms. The molecule has 0 aliphatic rings. The number of carbonyl (C=O) groups is 1. The van der Waals surface area contributed by atoms with Crippen LogP contribution in [0, 0.1) is 11.5 Å². The molecule has 0 amide bonds. The molecule has 1 unspecified atom stereocenters. The van der Waals surface area contributed by atoms with E-state index < -0.39 is 6.04 Å². The summed E-state index contributed by atoms with van der Waals surface area (Å²) in [5, 5.41) is 8.39. The first kappa shape index (κ1) is 9.76. The first-order valence-corrected chi connectivity index (χ1v) is 3.42. The Labute approximate surface area is 66.4 Å². The van der Waals surface area contributed by atoms with Gasteiger partial charge in [0.1, 0.15) is 6.04 Å². The van der Waals surface area contributed by atoms with Crippen molar-refractivity contribution in [3.05, 3.63) is 0 Å². The molecule has 0 fully saturated rings. The van der Waals surface area contributed by atoms with E-state index in [4.69, 9.17) is 10.00 Å². The van der Waals surface area contributed by atoms with Crippen LogP contribution in [0.4, 0.5) is 0 Å².